The molecule has 0 radical (unpaired) electrons. The first-order chi connectivity index (χ1) is 10.5. The maximum atomic E-state index is 12.5. The molecule has 0 bridgehead atoms. The van der Waals surface area contributed by atoms with Gasteiger partial charge in [-0.2, -0.15) is 0 Å². The molecule has 1 aromatic heterocycles. The van der Waals surface area contributed by atoms with Gasteiger partial charge in [-0.05, 0) is 37.5 Å². The van der Waals surface area contributed by atoms with E-state index in [2.05, 4.69) is 12.2 Å². The Bertz CT molecular complexity index is 758. The molecule has 2 rings (SSSR count). The number of amides is 2. The number of carbonyl (C=O) groups excluding carboxylic acids is 2. The first kappa shape index (κ1) is 16.0. The molecule has 22 heavy (non-hydrogen) atoms. The largest absolute Gasteiger partial charge is 0.329 e. The highest BCUT2D eigenvalue weighted by atomic mass is 16.2. The van der Waals surface area contributed by atoms with Crippen LogP contribution >= 0.6 is 0 Å². The molecule has 6 nitrogen and oxygen atoms in total. The van der Waals surface area contributed by atoms with Gasteiger partial charge >= 0.3 is 5.69 Å². The van der Waals surface area contributed by atoms with Crippen LogP contribution in [-0.2, 0) is 23.1 Å². The van der Waals surface area contributed by atoms with Crippen LogP contribution in [-0.4, -0.2) is 21.5 Å². The molecular formula is C16H21N3O3. The second kappa shape index (κ2) is 6.60. The number of nitrogens with zero attached hydrogens (tertiary/aromatic N) is 2. The molecule has 0 saturated carbocycles. The Balaban J connectivity index is 2.34. The van der Waals surface area contributed by atoms with Crippen molar-refractivity contribution < 1.29 is 9.59 Å². The Kier molecular flexibility index (Phi) is 4.80. The summed E-state index contributed by atoms with van der Waals surface area (Å²) in [6.07, 6.45) is 1.99. The second-order valence-electron chi connectivity index (χ2n) is 5.46. The van der Waals surface area contributed by atoms with E-state index >= 15 is 0 Å². The van der Waals surface area contributed by atoms with Gasteiger partial charge in [0.25, 0.3) is 0 Å². The third kappa shape index (κ3) is 2.95. The molecule has 118 valence electrons. The van der Waals surface area contributed by atoms with E-state index in [9.17, 15) is 14.4 Å². The van der Waals surface area contributed by atoms with Crippen molar-refractivity contribution in [1.82, 2.24) is 14.5 Å². The van der Waals surface area contributed by atoms with Crippen molar-refractivity contribution in [3.05, 3.63) is 34.2 Å². The van der Waals surface area contributed by atoms with Crippen LogP contribution in [0.1, 0.15) is 38.3 Å². The molecule has 1 N–H and O–H groups in total. The lowest BCUT2D eigenvalue weighted by atomic mass is 10.1. The van der Waals surface area contributed by atoms with E-state index in [-0.39, 0.29) is 24.1 Å². The van der Waals surface area contributed by atoms with E-state index in [0.29, 0.717) is 12.8 Å². The maximum absolute atomic E-state index is 12.5. The number of hydrogen-bond donors (Lipinski definition) is 1. The van der Waals surface area contributed by atoms with Crippen LogP contribution in [0.5, 0.6) is 0 Å². The number of imide groups is 1. The molecule has 1 atom stereocenters. The minimum absolute atomic E-state index is 0.0912. The average Bonchev–Trinajstić information content (AvgIpc) is 2.76. The van der Waals surface area contributed by atoms with Crippen LogP contribution < -0.4 is 11.0 Å². The summed E-state index contributed by atoms with van der Waals surface area (Å²) < 4.78 is 3.35. The minimum Gasteiger partial charge on any atom is -0.299 e. The van der Waals surface area contributed by atoms with Gasteiger partial charge < -0.3 is 0 Å². The predicted molar refractivity (Wildman–Crippen MR) is 84.7 cm³/mol. The molecule has 0 aliphatic carbocycles. The molecule has 2 aromatic rings. The molecule has 2 amide bonds. The maximum Gasteiger partial charge on any atom is 0.329 e. The SMILES string of the molecule is CCc1ccc2c(c1)n(C)c(=O)n2C(C)CCC(=O)NC=O. The van der Waals surface area contributed by atoms with E-state index in [1.165, 1.54) is 5.56 Å². The van der Waals surface area contributed by atoms with Gasteiger partial charge in [0.15, 0.2) is 0 Å². The van der Waals surface area contributed by atoms with Crippen LogP contribution in [0.2, 0.25) is 0 Å². The van der Waals surface area contributed by atoms with Gasteiger partial charge in [-0.1, -0.05) is 13.0 Å². The highest BCUT2D eigenvalue weighted by Crippen LogP contribution is 2.21. The Morgan fingerprint density at radius 2 is 2.09 bits per heavy atom. The lowest BCUT2D eigenvalue weighted by molar-refractivity contribution is -0.125. The van der Waals surface area contributed by atoms with Gasteiger partial charge in [0.05, 0.1) is 11.0 Å². The van der Waals surface area contributed by atoms with Gasteiger partial charge in [-0.3, -0.25) is 24.0 Å². The van der Waals surface area contributed by atoms with Crippen molar-refractivity contribution in [3.63, 3.8) is 0 Å². The zero-order valence-electron chi connectivity index (χ0n) is 13.1. The van der Waals surface area contributed by atoms with Crippen molar-refractivity contribution >= 4 is 23.4 Å². The Morgan fingerprint density at radius 3 is 2.73 bits per heavy atom. The fourth-order valence-corrected chi connectivity index (χ4v) is 2.66. The van der Waals surface area contributed by atoms with Gasteiger partial charge in [0.2, 0.25) is 12.3 Å². The highest BCUT2D eigenvalue weighted by molar-refractivity contribution is 5.85. The number of aryl methyl sites for hydroxylation is 2. The number of rotatable bonds is 6. The Hall–Kier alpha value is -2.37. The third-order valence-corrected chi connectivity index (χ3v) is 4.01. The number of imidazole rings is 1. The summed E-state index contributed by atoms with van der Waals surface area (Å²) in [7, 11) is 1.76. The number of fused-ring (bicyclic) bond motifs is 1. The van der Waals surface area contributed by atoms with Crippen LogP contribution in [0.25, 0.3) is 11.0 Å². The van der Waals surface area contributed by atoms with Gasteiger partial charge in [-0.25, -0.2) is 4.79 Å². The molecular weight excluding hydrogens is 282 g/mol. The van der Waals surface area contributed by atoms with Crippen LogP contribution in [0.4, 0.5) is 0 Å². The monoisotopic (exact) mass is 303 g/mol. The quantitative estimate of drug-likeness (QED) is 0.822. The molecule has 1 aromatic carbocycles. The lowest BCUT2D eigenvalue weighted by Crippen LogP contribution is -2.26. The Labute approximate surface area is 128 Å². The highest BCUT2D eigenvalue weighted by Gasteiger charge is 2.17. The van der Waals surface area contributed by atoms with Crippen LogP contribution in [0.15, 0.2) is 23.0 Å². The first-order valence-corrected chi connectivity index (χ1v) is 7.42. The van der Waals surface area contributed by atoms with Gasteiger partial charge in [-0.15, -0.1) is 0 Å². The summed E-state index contributed by atoms with van der Waals surface area (Å²) in [6.45, 7) is 3.98. The van der Waals surface area contributed by atoms with Crippen molar-refractivity contribution in [2.75, 3.05) is 0 Å². The summed E-state index contributed by atoms with van der Waals surface area (Å²) in [5, 5.41) is 2.11. The molecule has 0 aliphatic heterocycles. The number of aromatic nitrogens is 2. The predicted octanol–water partition coefficient (Wildman–Crippen LogP) is 1.52. The van der Waals surface area contributed by atoms with Gasteiger partial charge in [0.1, 0.15) is 0 Å². The molecule has 1 unspecified atom stereocenters. The summed E-state index contributed by atoms with van der Waals surface area (Å²) in [4.78, 5) is 34.1. The normalized spacial score (nSPS) is 12.3. The second-order valence-corrected chi connectivity index (χ2v) is 5.46. The van der Waals surface area contributed by atoms with E-state index in [0.717, 1.165) is 17.5 Å². The molecule has 6 heteroatoms. The standard InChI is InChI=1S/C16H21N3O3/c1-4-12-6-7-13-14(9-12)18(3)16(22)19(13)11(2)5-8-15(21)17-10-20/h6-7,9-11H,4-5,8H2,1-3H3,(H,17,20,21). The van der Waals surface area contributed by atoms with Crippen molar-refractivity contribution in [2.45, 2.75) is 39.2 Å². The number of carbonyl (C=O) groups is 2. The first-order valence-electron chi connectivity index (χ1n) is 7.42. The summed E-state index contributed by atoms with van der Waals surface area (Å²) in [5.74, 6) is -0.330. The topological polar surface area (TPSA) is 73.1 Å². The smallest absolute Gasteiger partial charge is 0.299 e. The summed E-state index contributed by atoms with van der Waals surface area (Å²) >= 11 is 0. The molecule has 0 fully saturated rings. The number of hydrogen-bond acceptors (Lipinski definition) is 3. The zero-order valence-corrected chi connectivity index (χ0v) is 13.1. The van der Waals surface area contributed by atoms with Crippen molar-refractivity contribution in [1.29, 1.82) is 0 Å². The van der Waals surface area contributed by atoms with Crippen molar-refractivity contribution in [3.8, 4) is 0 Å². The summed E-state index contributed by atoms with van der Waals surface area (Å²) in [6, 6.07) is 5.88. The van der Waals surface area contributed by atoms with Crippen LogP contribution in [0.3, 0.4) is 0 Å². The summed E-state index contributed by atoms with van der Waals surface area (Å²) in [5.41, 5.74) is 2.85. The van der Waals surface area contributed by atoms with Crippen LogP contribution in [0, 0.1) is 0 Å². The van der Waals surface area contributed by atoms with E-state index < -0.39 is 0 Å². The molecule has 0 aliphatic rings. The molecule has 0 saturated heterocycles. The van der Waals surface area contributed by atoms with Gasteiger partial charge in [0, 0.05) is 19.5 Å². The number of benzene rings is 1. The Morgan fingerprint density at radius 1 is 1.36 bits per heavy atom. The third-order valence-electron chi connectivity index (χ3n) is 4.01. The fourth-order valence-electron chi connectivity index (χ4n) is 2.66. The van der Waals surface area contributed by atoms with Crippen molar-refractivity contribution in [2.24, 2.45) is 7.05 Å². The molecule has 1 heterocycles. The van der Waals surface area contributed by atoms with E-state index in [1.807, 2.05) is 25.1 Å². The average molecular weight is 303 g/mol. The number of nitrogens with one attached hydrogen (secondary N) is 1. The fraction of sp³-hybridized carbons (Fsp3) is 0.438. The molecule has 0 spiro atoms. The zero-order chi connectivity index (χ0) is 16.3. The minimum atomic E-state index is -0.330. The lowest BCUT2D eigenvalue weighted by Gasteiger charge is -2.13. The van der Waals surface area contributed by atoms with E-state index in [1.54, 1.807) is 16.2 Å². The van der Waals surface area contributed by atoms with E-state index in [4.69, 9.17) is 0 Å².